The Hall–Kier alpha value is -2.62. The molecule has 5 saturated carbocycles. The van der Waals surface area contributed by atoms with Crippen LogP contribution >= 0.6 is 0 Å². The molecule has 53 heavy (non-hydrogen) atoms. The van der Waals surface area contributed by atoms with Gasteiger partial charge < -0.3 is 9.47 Å². The van der Waals surface area contributed by atoms with E-state index >= 15 is 0 Å². The first-order valence-corrected chi connectivity index (χ1v) is 22.4. The van der Waals surface area contributed by atoms with Crippen LogP contribution in [0.15, 0.2) is 36.4 Å². The van der Waals surface area contributed by atoms with Gasteiger partial charge in [-0.2, -0.15) is 0 Å². The molecule has 0 amide bonds. The van der Waals surface area contributed by atoms with Crippen LogP contribution in [-0.2, 0) is 22.4 Å². The summed E-state index contributed by atoms with van der Waals surface area (Å²) in [6, 6.07) is 13.0. The smallest absolute Gasteiger partial charge is 0.317 e. The van der Waals surface area contributed by atoms with Gasteiger partial charge in [0.15, 0.2) is 0 Å². The fraction of sp³-hybridized carbons (Fsp3) is 0.714. The number of fused-ring (bicyclic) bond motifs is 9. The predicted molar refractivity (Wildman–Crippen MR) is 213 cm³/mol. The lowest BCUT2D eigenvalue weighted by Crippen LogP contribution is -2.43. The van der Waals surface area contributed by atoms with E-state index in [1.54, 1.807) is 0 Å². The summed E-state index contributed by atoms with van der Waals surface area (Å²) in [5.41, 5.74) is 4.93. The molecule has 4 nitrogen and oxygen atoms in total. The first-order chi connectivity index (χ1) is 25.7. The summed E-state index contributed by atoms with van der Waals surface area (Å²) in [6.07, 6.45) is 21.1. The highest BCUT2D eigenvalue weighted by Gasteiger charge is 2.66. The number of carbonyl (C=O) groups is 2. The number of aryl methyl sites for hydroxylation is 2. The highest BCUT2D eigenvalue weighted by molar-refractivity contribution is 5.83. The van der Waals surface area contributed by atoms with Gasteiger partial charge in [0.1, 0.15) is 11.5 Å². The number of benzene rings is 2. The zero-order chi connectivity index (χ0) is 37.1. The molecule has 10 unspecified atom stereocenters. The van der Waals surface area contributed by atoms with Crippen molar-refractivity contribution in [3.8, 4) is 11.5 Å². The topological polar surface area (TPSA) is 52.6 Å². The number of esters is 2. The van der Waals surface area contributed by atoms with Crippen molar-refractivity contribution in [1.29, 1.82) is 0 Å². The van der Waals surface area contributed by atoms with Gasteiger partial charge in [-0.15, -0.1) is 0 Å². The molecule has 0 radical (unpaired) electrons. The minimum absolute atomic E-state index is 0.209. The Bertz CT molecular complexity index is 1690. The van der Waals surface area contributed by atoms with E-state index in [1.807, 2.05) is 33.8 Å². The van der Waals surface area contributed by atoms with Crippen molar-refractivity contribution < 1.29 is 19.1 Å². The van der Waals surface area contributed by atoms with Crippen molar-refractivity contribution in [2.24, 2.45) is 51.8 Å². The molecule has 5 fully saturated rings. The van der Waals surface area contributed by atoms with Crippen LogP contribution < -0.4 is 9.47 Å². The minimum atomic E-state index is -0.809. The second-order valence-electron chi connectivity index (χ2n) is 19.0. The third-order valence-electron chi connectivity index (χ3n) is 17.2. The van der Waals surface area contributed by atoms with Crippen LogP contribution in [0.1, 0.15) is 178 Å². The fourth-order valence-electron chi connectivity index (χ4n) is 13.9. The summed E-state index contributed by atoms with van der Waals surface area (Å²) in [7, 11) is 0. The molecule has 2 aromatic rings. The predicted octanol–water partition coefficient (Wildman–Crippen LogP) is 12.5. The molecule has 0 saturated heterocycles. The Balaban J connectivity index is 0.00000197. The van der Waals surface area contributed by atoms with Crippen molar-refractivity contribution in [3.05, 3.63) is 58.7 Å². The van der Waals surface area contributed by atoms with Crippen LogP contribution in [0.2, 0.25) is 0 Å². The average molecular weight is 721 g/mol. The Morgan fingerprint density at radius 1 is 0.698 bits per heavy atom. The lowest BCUT2D eigenvalue weighted by Gasteiger charge is -2.46. The van der Waals surface area contributed by atoms with Gasteiger partial charge in [0, 0.05) is 0 Å². The van der Waals surface area contributed by atoms with E-state index in [0.29, 0.717) is 49.0 Å². The monoisotopic (exact) mass is 721 g/mol. The number of ether oxygens (including phenoxy) is 2. The standard InChI is InChI=1S/C47H62O4.C2H6/c1-5-45(4,43(48)50-33-15-20-36-30(25-33)12-18-38-35-10-8-9-29(35)11-17-39(36)38)28-46(6-2,7-3)44(49)51-34-16-21-37-31(26-34)13-19-41-40(37)23-24-47-27-32(47)14-22-42(41)47;1-2/h15-16,20-21,25-26,29,32,35,38-42H,5-14,17-19,22-24,27-28H2,1-4H3;1-2H3. The van der Waals surface area contributed by atoms with E-state index in [-0.39, 0.29) is 11.9 Å². The Kier molecular flexibility index (Phi) is 10.2. The van der Waals surface area contributed by atoms with E-state index in [1.165, 1.54) is 99.3 Å². The molecule has 1 spiro atoms. The normalized spacial score (nSPS) is 34.2. The van der Waals surface area contributed by atoms with Crippen LogP contribution in [0.5, 0.6) is 11.5 Å². The molecule has 7 aliphatic carbocycles. The molecule has 0 aromatic heterocycles. The average Bonchev–Trinajstić information content (AvgIpc) is 3.48. The minimum Gasteiger partial charge on any atom is -0.426 e. The lowest BCUT2D eigenvalue weighted by molar-refractivity contribution is -0.155. The first-order valence-electron chi connectivity index (χ1n) is 22.4. The highest BCUT2D eigenvalue weighted by atomic mass is 16.5. The molecular weight excluding hydrogens is 653 g/mol. The van der Waals surface area contributed by atoms with Crippen LogP contribution in [-0.4, -0.2) is 11.9 Å². The van der Waals surface area contributed by atoms with Crippen molar-refractivity contribution >= 4 is 11.9 Å². The van der Waals surface area contributed by atoms with Crippen LogP contribution in [0, 0.1) is 51.8 Å². The summed E-state index contributed by atoms with van der Waals surface area (Å²) >= 11 is 0. The van der Waals surface area contributed by atoms with Gasteiger partial charge >= 0.3 is 11.9 Å². The SMILES string of the molecule is CC.CCC(C)(CC(CC)(CC)C(=O)Oc1ccc2c(c1)CCC1C2CCC23CC2CCC13)C(=O)Oc1ccc2c(c1)CCC1C2CCC2CCCC21. The van der Waals surface area contributed by atoms with Crippen LogP contribution in [0.3, 0.4) is 0 Å². The van der Waals surface area contributed by atoms with Gasteiger partial charge in [-0.1, -0.05) is 59.6 Å². The Morgan fingerprint density at radius 3 is 1.98 bits per heavy atom. The Labute approximate surface area is 321 Å². The Morgan fingerprint density at radius 2 is 1.34 bits per heavy atom. The molecule has 288 valence electrons. The molecule has 4 heteroatoms. The summed E-state index contributed by atoms with van der Waals surface area (Å²) < 4.78 is 12.5. The maximum absolute atomic E-state index is 14.2. The molecule has 9 rings (SSSR count). The number of carbonyl (C=O) groups excluding carboxylic acids is 2. The molecule has 0 heterocycles. The zero-order valence-electron chi connectivity index (χ0n) is 33.9. The maximum atomic E-state index is 14.2. The molecular formula is C49H68O4. The lowest BCUT2D eigenvalue weighted by atomic mass is 9.59. The van der Waals surface area contributed by atoms with Crippen molar-refractivity contribution in [2.75, 3.05) is 0 Å². The van der Waals surface area contributed by atoms with Crippen molar-refractivity contribution in [2.45, 2.75) is 169 Å². The largest absolute Gasteiger partial charge is 0.426 e. The fourth-order valence-corrected chi connectivity index (χ4v) is 13.9. The first kappa shape index (κ1) is 37.3. The van der Waals surface area contributed by atoms with Gasteiger partial charge in [-0.25, -0.2) is 0 Å². The van der Waals surface area contributed by atoms with E-state index in [9.17, 15) is 9.59 Å². The summed E-state index contributed by atoms with van der Waals surface area (Å²) in [6.45, 7) is 12.2. The molecule has 0 N–H and O–H groups in total. The summed E-state index contributed by atoms with van der Waals surface area (Å²) in [4.78, 5) is 28.3. The second kappa shape index (κ2) is 14.5. The van der Waals surface area contributed by atoms with Crippen molar-refractivity contribution in [3.63, 3.8) is 0 Å². The number of hydrogen-bond acceptors (Lipinski definition) is 4. The summed E-state index contributed by atoms with van der Waals surface area (Å²) in [5.74, 6) is 7.76. The third kappa shape index (κ3) is 6.23. The molecule has 10 atom stereocenters. The zero-order valence-corrected chi connectivity index (χ0v) is 33.9. The highest BCUT2D eigenvalue weighted by Crippen LogP contribution is 2.75. The van der Waals surface area contributed by atoms with Gasteiger partial charge in [0.2, 0.25) is 0 Å². The van der Waals surface area contributed by atoms with E-state index in [0.717, 1.165) is 53.8 Å². The van der Waals surface area contributed by atoms with Crippen molar-refractivity contribution in [1.82, 2.24) is 0 Å². The molecule has 0 bridgehead atoms. The van der Waals surface area contributed by atoms with Gasteiger partial charge in [-0.05, 0) is 209 Å². The number of rotatable bonds is 9. The maximum Gasteiger partial charge on any atom is 0.317 e. The van der Waals surface area contributed by atoms with Gasteiger partial charge in [-0.3, -0.25) is 9.59 Å². The van der Waals surface area contributed by atoms with E-state index < -0.39 is 10.8 Å². The third-order valence-corrected chi connectivity index (χ3v) is 17.2. The second-order valence-corrected chi connectivity index (χ2v) is 19.0. The van der Waals surface area contributed by atoms with Crippen LogP contribution in [0.4, 0.5) is 0 Å². The molecule has 7 aliphatic rings. The molecule has 2 aromatic carbocycles. The van der Waals surface area contributed by atoms with Crippen LogP contribution in [0.25, 0.3) is 0 Å². The van der Waals surface area contributed by atoms with Gasteiger partial charge in [0.25, 0.3) is 0 Å². The summed E-state index contributed by atoms with van der Waals surface area (Å²) in [5, 5.41) is 0. The molecule has 0 aliphatic heterocycles. The van der Waals surface area contributed by atoms with E-state index in [2.05, 4.69) is 44.2 Å². The van der Waals surface area contributed by atoms with E-state index in [4.69, 9.17) is 9.47 Å². The van der Waals surface area contributed by atoms with Gasteiger partial charge in [0.05, 0.1) is 10.8 Å². The quantitative estimate of drug-likeness (QED) is 0.191. The number of hydrogen-bond donors (Lipinski definition) is 0.